The predicted octanol–water partition coefficient (Wildman–Crippen LogP) is 2.77. The number of alkyl halides is 2. The molecule has 0 aliphatic heterocycles. The molecule has 26 heavy (non-hydrogen) atoms. The first-order chi connectivity index (χ1) is 12.4. The fraction of sp³-hybridized carbons (Fsp3) is 0.438. The highest BCUT2D eigenvalue weighted by atomic mass is 127. The molecular formula is C16H20I2N2O6. The number of hydrogen-bond acceptors (Lipinski definition) is 5. The molecule has 0 fully saturated rings. The van der Waals surface area contributed by atoms with Crippen LogP contribution < -0.4 is 15.0 Å². The Morgan fingerprint density at radius 1 is 1.08 bits per heavy atom. The predicted molar refractivity (Wildman–Crippen MR) is 114 cm³/mol. The molecule has 1 atom stereocenters. The fourth-order valence-corrected chi connectivity index (χ4v) is 3.27. The van der Waals surface area contributed by atoms with E-state index in [0.29, 0.717) is 0 Å². The van der Waals surface area contributed by atoms with Crippen LogP contribution in [0.4, 0.5) is 10.5 Å². The number of rotatable bonds is 11. The first-order valence-corrected chi connectivity index (χ1v) is 10.8. The average molecular weight is 590 g/mol. The molecule has 1 aromatic carbocycles. The summed E-state index contributed by atoms with van der Waals surface area (Å²) in [5.74, 6) is -2.17. The third kappa shape index (κ3) is 8.38. The standard InChI is InChI=1S/C16H20I2N2O6/c17-7-9-20(10-8-18)11-1-3-12(4-2-11)26-16(25)19-13(15(23)24)5-6-14(21)22/h1-4,13H,5-10H2,(H,19,25)(H,21,22)(H,23,24)/t13-/m1/s1. The quantitative estimate of drug-likeness (QED) is 0.268. The minimum atomic E-state index is -1.32. The number of amides is 1. The number of nitrogens with one attached hydrogen (secondary N) is 1. The van der Waals surface area contributed by atoms with Crippen molar-refractivity contribution in [2.24, 2.45) is 0 Å². The zero-order chi connectivity index (χ0) is 19.5. The molecule has 10 heteroatoms. The largest absolute Gasteiger partial charge is 0.481 e. The second kappa shape index (κ2) is 12.1. The molecule has 0 saturated heterocycles. The van der Waals surface area contributed by atoms with Gasteiger partial charge in [0.2, 0.25) is 0 Å². The lowest BCUT2D eigenvalue weighted by Gasteiger charge is -2.23. The molecule has 144 valence electrons. The van der Waals surface area contributed by atoms with Crippen LogP contribution in [0.2, 0.25) is 0 Å². The Hall–Kier alpha value is -1.31. The summed E-state index contributed by atoms with van der Waals surface area (Å²) in [6.07, 6.45) is -1.53. The third-order valence-electron chi connectivity index (χ3n) is 3.36. The highest BCUT2D eigenvalue weighted by Gasteiger charge is 2.22. The van der Waals surface area contributed by atoms with E-state index >= 15 is 0 Å². The molecule has 1 rings (SSSR count). The van der Waals surface area contributed by atoms with Gasteiger partial charge < -0.3 is 25.2 Å². The number of hydrogen-bond donors (Lipinski definition) is 3. The zero-order valence-corrected chi connectivity index (χ0v) is 18.2. The lowest BCUT2D eigenvalue weighted by Crippen LogP contribution is -2.42. The smallest absolute Gasteiger partial charge is 0.413 e. The molecule has 1 amide bonds. The van der Waals surface area contributed by atoms with Gasteiger partial charge in [0.1, 0.15) is 11.8 Å². The summed E-state index contributed by atoms with van der Waals surface area (Å²) in [6, 6.07) is 5.62. The number of carboxylic acid groups (broad SMARTS) is 2. The Morgan fingerprint density at radius 3 is 2.12 bits per heavy atom. The van der Waals surface area contributed by atoms with Crippen molar-refractivity contribution in [3.8, 4) is 5.75 Å². The van der Waals surface area contributed by atoms with E-state index in [-0.39, 0.29) is 18.6 Å². The summed E-state index contributed by atoms with van der Waals surface area (Å²) in [6.45, 7) is 1.82. The van der Waals surface area contributed by atoms with Crippen molar-refractivity contribution in [3.63, 3.8) is 0 Å². The van der Waals surface area contributed by atoms with Gasteiger partial charge in [0.15, 0.2) is 0 Å². The molecule has 0 unspecified atom stereocenters. The van der Waals surface area contributed by atoms with E-state index in [1.165, 1.54) is 0 Å². The van der Waals surface area contributed by atoms with Gasteiger partial charge in [-0.15, -0.1) is 0 Å². The molecule has 0 radical (unpaired) electrons. The van der Waals surface area contributed by atoms with Crippen LogP contribution in [0, 0.1) is 0 Å². The molecule has 0 aliphatic carbocycles. The summed E-state index contributed by atoms with van der Waals surface area (Å²) < 4.78 is 7.05. The summed E-state index contributed by atoms with van der Waals surface area (Å²) in [5.41, 5.74) is 1.01. The molecule has 0 saturated carbocycles. The van der Waals surface area contributed by atoms with Crippen LogP contribution in [0.1, 0.15) is 12.8 Å². The van der Waals surface area contributed by atoms with E-state index in [0.717, 1.165) is 27.6 Å². The van der Waals surface area contributed by atoms with Gasteiger partial charge in [0.05, 0.1) is 0 Å². The van der Waals surface area contributed by atoms with E-state index in [9.17, 15) is 14.4 Å². The Labute approximate surface area is 178 Å². The summed E-state index contributed by atoms with van der Waals surface area (Å²) in [5, 5.41) is 19.8. The van der Waals surface area contributed by atoms with Crippen LogP contribution in [-0.2, 0) is 9.59 Å². The van der Waals surface area contributed by atoms with E-state index in [1.54, 1.807) is 12.1 Å². The molecule has 0 heterocycles. The van der Waals surface area contributed by atoms with Gasteiger partial charge in [-0.05, 0) is 30.7 Å². The normalized spacial score (nSPS) is 11.5. The van der Waals surface area contributed by atoms with Crippen molar-refractivity contribution in [2.75, 3.05) is 26.8 Å². The highest BCUT2D eigenvalue weighted by Crippen LogP contribution is 2.20. The highest BCUT2D eigenvalue weighted by molar-refractivity contribution is 14.1. The number of carbonyl (C=O) groups excluding carboxylic acids is 1. The second-order valence-corrected chi connectivity index (χ2v) is 7.37. The fourth-order valence-electron chi connectivity index (χ4n) is 2.10. The number of carboxylic acids is 2. The Kier molecular flexibility index (Phi) is 10.6. The van der Waals surface area contributed by atoms with Crippen molar-refractivity contribution in [2.45, 2.75) is 18.9 Å². The van der Waals surface area contributed by atoms with Gasteiger partial charge in [-0.25, -0.2) is 9.59 Å². The maximum absolute atomic E-state index is 11.8. The van der Waals surface area contributed by atoms with Crippen molar-refractivity contribution < 1.29 is 29.3 Å². The number of nitrogens with zero attached hydrogens (tertiary/aromatic N) is 1. The Bertz CT molecular complexity index is 605. The van der Waals surface area contributed by atoms with E-state index in [2.05, 4.69) is 55.4 Å². The van der Waals surface area contributed by atoms with Gasteiger partial charge in [0, 0.05) is 34.1 Å². The van der Waals surface area contributed by atoms with Gasteiger partial charge >= 0.3 is 18.0 Å². The minimum Gasteiger partial charge on any atom is -0.481 e. The lowest BCUT2D eigenvalue weighted by atomic mass is 10.1. The molecule has 3 N–H and O–H groups in total. The zero-order valence-electron chi connectivity index (χ0n) is 13.9. The van der Waals surface area contributed by atoms with Gasteiger partial charge in [-0.1, -0.05) is 45.2 Å². The first-order valence-electron chi connectivity index (χ1n) is 7.77. The molecule has 0 aliphatic rings. The van der Waals surface area contributed by atoms with Crippen LogP contribution in [0.5, 0.6) is 5.75 Å². The molecule has 0 aromatic heterocycles. The van der Waals surface area contributed by atoms with Crippen molar-refractivity contribution >= 4 is 68.9 Å². The summed E-state index contributed by atoms with van der Waals surface area (Å²) in [7, 11) is 0. The molecule has 0 bridgehead atoms. The Balaban J connectivity index is 2.65. The monoisotopic (exact) mass is 590 g/mol. The third-order valence-corrected chi connectivity index (χ3v) is 4.32. The summed E-state index contributed by atoms with van der Waals surface area (Å²) >= 11 is 4.62. The van der Waals surface area contributed by atoms with Gasteiger partial charge in [-0.3, -0.25) is 4.79 Å². The van der Waals surface area contributed by atoms with E-state index in [1.807, 2.05) is 12.1 Å². The second-order valence-electron chi connectivity index (χ2n) is 5.22. The van der Waals surface area contributed by atoms with Crippen LogP contribution in [0.25, 0.3) is 0 Å². The molecule has 1 aromatic rings. The Morgan fingerprint density at radius 2 is 1.65 bits per heavy atom. The number of halogens is 2. The topological polar surface area (TPSA) is 116 Å². The van der Waals surface area contributed by atoms with Crippen LogP contribution in [0.3, 0.4) is 0 Å². The van der Waals surface area contributed by atoms with Gasteiger partial charge in [-0.2, -0.15) is 0 Å². The number of aliphatic carboxylic acids is 2. The number of anilines is 1. The van der Waals surface area contributed by atoms with E-state index in [4.69, 9.17) is 14.9 Å². The van der Waals surface area contributed by atoms with E-state index < -0.39 is 24.1 Å². The molecule has 0 spiro atoms. The van der Waals surface area contributed by atoms with Crippen molar-refractivity contribution in [1.29, 1.82) is 0 Å². The van der Waals surface area contributed by atoms with Crippen LogP contribution in [0.15, 0.2) is 24.3 Å². The lowest BCUT2D eigenvalue weighted by molar-refractivity contribution is -0.140. The first kappa shape index (κ1) is 22.7. The minimum absolute atomic E-state index is 0.222. The van der Waals surface area contributed by atoms with Crippen LogP contribution >= 0.6 is 45.2 Å². The SMILES string of the molecule is O=C(O)CC[C@@H](NC(=O)Oc1ccc(N(CCI)CCI)cc1)C(=O)O. The average Bonchev–Trinajstić information content (AvgIpc) is 2.58. The number of ether oxygens (including phenoxy) is 1. The molecule has 8 nitrogen and oxygen atoms in total. The van der Waals surface area contributed by atoms with Crippen molar-refractivity contribution in [3.05, 3.63) is 24.3 Å². The number of benzene rings is 1. The maximum Gasteiger partial charge on any atom is 0.413 e. The maximum atomic E-state index is 11.8. The molecular weight excluding hydrogens is 570 g/mol. The van der Waals surface area contributed by atoms with Crippen molar-refractivity contribution in [1.82, 2.24) is 5.32 Å². The number of carbonyl (C=O) groups is 3. The van der Waals surface area contributed by atoms with Crippen LogP contribution in [-0.4, -0.2) is 56.2 Å². The van der Waals surface area contributed by atoms with Gasteiger partial charge in [0.25, 0.3) is 0 Å². The summed E-state index contributed by atoms with van der Waals surface area (Å²) in [4.78, 5) is 35.7.